The van der Waals surface area contributed by atoms with Gasteiger partial charge in [0.1, 0.15) is 5.01 Å². The van der Waals surface area contributed by atoms with E-state index in [1.54, 1.807) is 20.2 Å². The Morgan fingerprint density at radius 1 is 1.58 bits per heavy atom. The van der Waals surface area contributed by atoms with E-state index in [1.165, 1.54) is 16.2 Å². The molecule has 0 aromatic carbocycles. The molecule has 0 saturated carbocycles. The predicted molar refractivity (Wildman–Crippen MR) is 73.1 cm³/mol. The normalized spacial score (nSPS) is 13.6. The summed E-state index contributed by atoms with van der Waals surface area (Å²) in [6, 6.07) is -0.412. The fourth-order valence-corrected chi connectivity index (χ4v) is 2.35. The summed E-state index contributed by atoms with van der Waals surface area (Å²) in [5.74, 6) is -1.50. The molecule has 7 heteroatoms. The monoisotopic (exact) mass is 285 g/mol. The average molecular weight is 285 g/mol. The highest BCUT2D eigenvalue weighted by Crippen LogP contribution is 2.18. The number of thiazole rings is 1. The summed E-state index contributed by atoms with van der Waals surface area (Å²) >= 11 is 1.49. The van der Waals surface area contributed by atoms with Crippen molar-refractivity contribution < 1.29 is 14.7 Å². The van der Waals surface area contributed by atoms with E-state index in [9.17, 15) is 9.59 Å². The van der Waals surface area contributed by atoms with Gasteiger partial charge in [-0.1, -0.05) is 13.8 Å². The van der Waals surface area contributed by atoms with Crippen LogP contribution >= 0.6 is 11.3 Å². The van der Waals surface area contributed by atoms with Gasteiger partial charge in [-0.25, -0.2) is 9.78 Å². The number of nitrogens with zero attached hydrogens (tertiary/aromatic N) is 2. The first kappa shape index (κ1) is 15.4. The molecule has 1 aromatic heterocycles. The van der Waals surface area contributed by atoms with Gasteiger partial charge in [0, 0.05) is 25.2 Å². The summed E-state index contributed by atoms with van der Waals surface area (Å²) in [4.78, 5) is 28.3. The number of aliphatic carboxylic acids is 1. The van der Waals surface area contributed by atoms with E-state index in [1.807, 2.05) is 12.3 Å². The lowest BCUT2D eigenvalue weighted by Crippen LogP contribution is -2.42. The van der Waals surface area contributed by atoms with Gasteiger partial charge in [0.15, 0.2) is 0 Å². The molecule has 19 heavy (non-hydrogen) atoms. The highest BCUT2D eigenvalue weighted by molar-refractivity contribution is 7.09. The highest BCUT2D eigenvalue weighted by Gasteiger charge is 2.20. The van der Waals surface area contributed by atoms with Crippen LogP contribution in [0.15, 0.2) is 11.6 Å². The largest absolute Gasteiger partial charge is 0.481 e. The van der Waals surface area contributed by atoms with Crippen molar-refractivity contribution in [3.8, 4) is 0 Å². The number of aromatic nitrogens is 1. The maximum atomic E-state index is 12.0. The number of hydrogen-bond donors (Lipinski definition) is 2. The van der Waals surface area contributed by atoms with Crippen LogP contribution in [-0.4, -0.2) is 40.6 Å². The van der Waals surface area contributed by atoms with E-state index in [0.717, 1.165) is 11.4 Å². The zero-order valence-electron chi connectivity index (χ0n) is 11.3. The van der Waals surface area contributed by atoms with Crippen molar-refractivity contribution in [1.82, 2.24) is 15.2 Å². The molecule has 0 fully saturated rings. The summed E-state index contributed by atoms with van der Waals surface area (Å²) in [6.45, 7) is 3.71. The van der Waals surface area contributed by atoms with Gasteiger partial charge in [-0.3, -0.25) is 4.79 Å². The zero-order valence-corrected chi connectivity index (χ0v) is 12.1. The van der Waals surface area contributed by atoms with Gasteiger partial charge in [-0.15, -0.1) is 11.3 Å². The lowest BCUT2D eigenvalue weighted by molar-refractivity contribution is -0.141. The van der Waals surface area contributed by atoms with Crippen LogP contribution in [0.25, 0.3) is 0 Å². The van der Waals surface area contributed by atoms with Crippen molar-refractivity contribution in [2.75, 3.05) is 13.6 Å². The van der Waals surface area contributed by atoms with E-state index >= 15 is 0 Å². The van der Waals surface area contributed by atoms with Crippen molar-refractivity contribution in [3.63, 3.8) is 0 Å². The molecular weight excluding hydrogens is 266 g/mol. The molecule has 6 nitrogen and oxygen atoms in total. The molecule has 1 heterocycles. The van der Waals surface area contributed by atoms with Crippen LogP contribution in [0.4, 0.5) is 4.79 Å². The Balaban J connectivity index is 2.55. The molecule has 0 bridgehead atoms. The maximum absolute atomic E-state index is 12.0. The third kappa shape index (κ3) is 4.51. The van der Waals surface area contributed by atoms with Gasteiger partial charge in [-0.05, 0) is 6.42 Å². The minimum atomic E-state index is -0.911. The summed E-state index contributed by atoms with van der Waals surface area (Å²) in [5, 5.41) is 14.4. The summed E-state index contributed by atoms with van der Waals surface area (Å²) < 4.78 is 0. The van der Waals surface area contributed by atoms with Crippen molar-refractivity contribution in [3.05, 3.63) is 16.6 Å². The van der Waals surface area contributed by atoms with Gasteiger partial charge in [0.25, 0.3) is 0 Å². The van der Waals surface area contributed by atoms with E-state index in [2.05, 4.69) is 10.3 Å². The number of nitrogens with one attached hydrogen (secondary N) is 1. The standard InChI is InChI=1S/C12H19N3O3S/c1-4-9(10-13-5-6-19-10)14-12(18)15(3)7-8(2)11(16)17/h5-6,8-9H,4,7H2,1-3H3,(H,14,18)(H,16,17). The Labute approximate surface area is 116 Å². The number of hydrogen-bond acceptors (Lipinski definition) is 4. The van der Waals surface area contributed by atoms with E-state index in [4.69, 9.17) is 5.11 Å². The second-order valence-corrected chi connectivity index (χ2v) is 5.33. The number of carboxylic acids is 1. The smallest absolute Gasteiger partial charge is 0.317 e. The topological polar surface area (TPSA) is 82.5 Å². The zero-order chi connectivity index (χ0) is 14.4. The van der Waals surface area contributed by atoms with Gasteiger partial charge in [-0.2, -0.15) is 0 Å². The number of carbonyl (C=O) groups is 2. The fourth-order valence-electron chi connectivity index (χ4n) is 1.58. The van der Waals surface area contributed by atoms with Gasteiger partial charge in [0.2, 0.25) is 0 Å². The van der Waals surface area contributed by atoms with Gasteiger partial charge >= 0.3 is 12.0 Å². The van der Waals surface area contributed by atoms with Crippen LogP contribution in [0.2, 0.25) is 0 Å². The minimum absolute atomic E-state index is 0.130. The summed E-state index contributed by atoms with van der Waals surface area (Å²) in [7, 11) is 1.59. The first-order valence-electron chi connectivity index (χ1n) is 6.09. The van der Waals surface area contributed by atoms with Crippen molar-refractivity contribution >= 4 is 23.3 Å². The molecule has 106 valence electrons. The molecule has 2 unspecified atom stereocenters. The molecule has 0 spiro atoms. The van der Waals surface area contributed by atoms with Crippen molar-refractivity contribution in [1.29, 1.82) is 0 Å². The summed E-state index contributed by atoms with van der Waals surface area (Å²) in [6.07, 6.45) is 2.44. The quantitative estimate of drug-likeness (QED) is 0.837. The van der Waals surface area contributed by atoms with Crippen LogP contribution in [0.3, 0.4) is 0 Å². The van der Waals surface area contributed by atoms with Crippen molar-refractivity contribution in [2.24, 2.45) is 5.92 Å². The Morgan fingerprint density at radius 2 is 2.26 bits per heavy atom. The molecule has 1 aromatic rings. The molecule has 0 radical (unpaired) electrons. The molecule has 0 aliphatic carbocycles. The van der Waals surface area contributed by atoms with E-state index in [-0.39, 0.29) is 18.6 Å². The maximum Gasteiger partial charge on any atom is 0.317 e. The number of rotatable bonds is 6. The second kappa shape index (κ2) is 7.08. The Hall–Kier alpha value is -1.63. The van der Waals surface area contributed by atoms with E-state index < -0.39 is 11.9 Å². The van der Waals surface area contributed by atoms with Crippen molar-refractivity contribution in [2.45, 2.75) is 26.3 Å². The lowest BCUT2D eigenvalue weighted by atomic mass is 10.2. The van der Waals surface area contributed by atoms with Crippen LogP contribution in [0.5, 0.6) is 0 Å². The SMILES string of the molecule is CCC(NC(=O)N(C)CC(C)C(=O)O)c1nccs1. The van der Waals surface area contributed by atoms with Gasteiger partial charge < -0.3 is 15.3 Å². The Morgan fingerprint density at radius 3 is 2.74 bits per heavy atom. The molecule has 1 rings (SSSR count). The summed E-state index contributed by atoms with van der Waals surface area (Å²) in [5.41, 5.74) is 0. The molecular formula is C12H19N3O3S. The van der Waals surface area contributed by atoms with Crippen LogP contribution < -0.4 is 5.32 Å². The number of carboxylic acid groups (broad SMARTS) is 1. The fraction of sp³-hybridized carbons (Fsp3) is 0.583. The van der Waals surface area contributed by atoms with E-state index in [0.29, 0.717) is 0 Å². The first-order valence-corrected chi connectivity index (χ1v) is 6.97. The molecule has 2 N–H and O–H groups in total. The second-order valence-electron chi connectivity index (χ2n) is 4.40. The van der Waals surface area contributed by atoms with Gasteiger partial charge in [0.05, 0.1) is 12.0 Å². The number of carbonyl (C=O) groups excluding carboxylic acids is 1. The van der Waals surface area contributed by atoms with Crippen LogP contribution in [0, 0.1) is 5.92 Å². The molecule has 2 amide bonds. The van der Waals surface area contributed by atoms with Crippen LogP contribution in [0.1, 0.15) is 31.3 Å². The third-order valence-corrected chi connectivity index (χ3v) is 3.66. The average Bonchev–Trinajstić information content (AvgIpc) is 2.88. The molecule has 0 aliphatic rings. The minimum Gasteiger partial charge on any atom is -0.481 e. The number of amides is 2. The van der Waals surface area contributed by atoms with Crippen LogP contribution in [-0.2, 0) is 4.79 Å². The number of urea groups is 1. The Kier molecular flexibility index (Phi) is 5.75. The lowest BCUT2D eigenvalue weighted by Gasteiger charge is -2.23. The predicted octanol–water partition coefficient (Wildman–Crippen LogP) is 1.96. The Bertz CT molecular complexity index is 422. The molecule has 2 atom stereocenters. The first-order chi connectivity index (χ1) is 8.95. The molecule has 0 saturated heterocycles. The third-order valence-electron chi connectivity index (χ3n) is 2.77. The highest BCUT2D eigenvalue weighted by atomic mass is 32.1. The molecule has 0 aliphatic heterocycles.